The van der Waals surface area contributed by atoms with E-state index in [4.69, 9.17) is 17.2 Å². The normalized spacial score (nSPS) is 22.9. The van der Waals surface area contributed by atoms with E-state index in [9.17, 15) is 53.4 Å². The Bertz CT molecular complexity index is 1720. The number of carbonyl (C=O) groups excluding carboxylic acids is 9. The molecule has 4 amide bonds. The van der Waals surface area contributed by atoms with Crippen molar-refractivity contribution in [1.29, 1.82) is 0 Å². The lowest BCUT2D eigenvalue weighted by Crippen LogP contribution is -2.57. The first-order valence-corrected chi connectivity index (χ1v) is 21.5. The molecule has 0 saturated carbocycles. The van der Waals surface area contributed by atoms with Crippen molar-refractivity contribution in [3.05, 3.63) is 35.9 Å². The van der Waals surface area contributed by atoms with Crippen molar-refractivity contribution in [1.82, 2.24) is 21.3 Å². The first-order chi connectivity index (χ1) is 28.8. The van der Waals surface area contributed by atoms with Crippen molar-refractivity contribution in [3.63, 3.8) is 0 Å². The molecule has 20 heteroatoms. The van der Waals surface area contributed by atoms with Crippen molar-refractivity contribution < 1.29 is 53.4 Å². The summed E-state index contributed by atoms with van der Waals surface area (Å²) in [5.74, 6) is -8.97. The second-order valence-electron chi connectivity index (χ2n) is 15.3. The maximum absolute atomic E-state index is 14.0. The van der Waals surface area contributed by atoms with Crippen molar-refractivity contribution in [2.45, 2.75) is 109 Å². The summed E-state index contributed by atoms with van der Waals surface area (Å²) in [5, 5.41) is 31.3. The molecule has 19 nitrogen and oxygen atoms in total. The van der Waals surface area contributed by atoms with Crippen LogP contribution in [0.15, 0.2) is 35.3 Å². The molecule has 338 valence electrons. The Kier molecular flexibility index (Phi) is 23.1. The van der Waals surface area contributed by atoms with Gasteiger partial charge < -0.3 is 48.7 Å². The number of thioether (sulfide) groups is 1. The third kappa shape index (κ3) is 19.5. The predicted molar refractivity (Wildman–Crippen MR) is 227 cm³/mol. The smallest absolute Gasteiger partial charge is 0.243 e. The highest BCUT2D eigenvalue weighted by Gasteiger charge is 2.35. The van der Waals surface area contributed by atoms with Gasteiger partial charge in [0.2, 0.25) is 23.6 Å². The summed E-state index contributed by atoms with van der Waals surface area (Å²) in [6.07, 6.45) is -4.13. The van der Waals surface area contributed by atoms with Gasteiger partial charge in [-0.1, -0.05) is 30.3 Å². The van der Waals surface area contributed by atoms with Gasteiger partial charge in [0.05, 0.1) is 31.2 Å². The summed E-state index contributed by atoms with van der Waals surface area (Å²) < 4.78 is 0. The molecule has 0 bridgehead atoms. The van der Waals surface area contributed by atoms with Crippen LogP contribution in [0, 0.1) is 17.8 Å². The second-order valence-corrected chi connectivity index (χ2v) is 16.4. The van der Waals surface area contributed by atoms with E-state index in [-0.39, 0.29) is 81.3 Å². The van der Waals surface area contributed by atoms with Gasteiger partial charge in [-0.15, -0.1) is 0 Å². The van der Waals surface area contributed by atoms with Crippen LogP contribution in [-0.2, 0) is 49.6 Å². The number of hydrogen-bond donors (Lipinski definition) is 9. The van der Waals surface area contributed by atoms with Crippen LogP contribution >= 0.6 is 11.8 Å². The van der Waals surface area contributed by atoms with Crippen molar-refractivity contribution >= 4 is 70.3 Å². The number of aliphatic hydroxyl groups excluding tert-OH is 2. The highest BCUT2D eigenvalue weighted by Crippen LogP contribution is 2.25. The van der Waals surface area contributed by atoms with Gasteiger partial charge in [0.25, 0.3) is 0 Å². The lowest BCUT2D eigenvalue weighted by Gasteiger charge is -2.26. The molecular weight excluding hydrogens is 813 g/mol. The number of nitrogens with zero attached hydrogens (tertiary/aromatic N) is 1. The largest absolute Gasteiger partial charge is 0.393 e. The van der Waals surface area contributed by atoms with Crippen molar-refractivity contribution in [2.75, 3.05) is 31.1 Å². The van der Waals surface area contributed by atoms with Gasteiger partial charge in [-0.25, -0.2) is 0 Å². The molecule has 8 atom stereocenters. The van der Waals surface area contributed by atoms with Gasteiger partial charge in [0.15, 0.2) is 11.7 Å². The molecule has 1 aromatic rings. The van der Waals surface area contributed by atoms with Gasteiger partial charge in [0, 0.05) is 62.7 Å². The van der Waals surface area contributed by atoms with E-state index >= 15 is 0 Å². The van der Waals surface area contributed by atoms with E-state index in [2.05, 4.69) is 26.3 Å². The molecule has 0 unspecified atom stereocenters. The minimum absolute atomic E-state index is 0.0147. The molecule has 12 N–H and O–H groups in total. The second kappa shape index (κ2) is 27.0. The zero-order valence-corrected chi connectivity index (χ0v) is 35.9. The van der Waals surface area contributed by atoms with Crippen LogP contribution in [-0.4, -0.2) is 130 Å². The minimum Gasteiger partial charge on any atom is -0.393 e. The first-order valence-electron chi connectivity index (χ1n) is 20.3. The van der Waals surface area contributed by atoms with Crippen LogP contribution in [0.3, 0.4) is 0 Å². The number of benzene rings is 1. The minimum atomic E-state index is -1.33. The average Bonchev–Trinajstić information content (AvgIpc) is 3.20. The molecule has 1 heterocycles. The van der Waals surface area contributed by atoms with Crippen LogP contribution in [0.2, 0.25) is 0 Å². The number of Topliss-reactive ketones (excluding diaryl/α,β-unsaturated/α-hetero) is 5. The summed E-state index contributed by atoms with van der Waals surface area (Å²) in [6, 6.07) is 4.86. The Morgan fingerprint density at radius 1 is 0.934 bits per heavy atom. The summed E-state index contributed by atoms with van der Waals surface area (Å²) in [5.41, 5.74) is 17.0. The van der Waals surface area contributed by atoms with Crippen LogP contribution < -0.4 is 38.5 Å². The summed E-state index contributed by atoms with van der Waals surface area (Å²) in [6.45, 7) is 3.16. The quantitative estimate of drug-likeness (QED) is 0.0482. The van der Waals surface area contributed by atoms with Crippen LogP contribution in [0.25, 0.3) is 0 Å². The molecule has 0 aliphatic carbocycles. The standard InChI is InChI=1S/C41H62N8O11S/c1-23(50)30(24(2)51)19-35(55)27-17-36(56)31(25(3)52)18-29(54)21-46-38(58)34(16-26-8-5-4-6-9-26)49-39(59)32(10-7-14-45-41(43)44)48-40(60)33(13-15-61-22-27)47-37(57)12-11-28(53)20-42/h4-6,8-9,23,25,27,30-34,50,52H,7,10-22,42H2,1-3H3,(H,46,58)(H,47,57)(H,48,60)(H,49,59)(H4,43,44,45)/t23-,25-,27+,30+,31+,32+,33+,34+/m1/s1. The highest BCUT2D eigenvalue weighted by atomic mass is 32.2. The number of ketones is 5. The SMILES string of the molecule is CC(=O)[C@@H](CC(=O)[C@@H]1CSCC[C@H](NC(=O)CCC(=O)CN)C(=O)N[C@@H](CCCN=C(N)N)C(=O)N[C@@H](Cc2ccccc2)C(=O)NCC(=O)C[C@@H]([C@@H](C)O)C(=O)C1)[C@@H](C)O. The van der Waals surface area contributed by atoms with E-state index < -0.39 is 114 Å². The van der Waals surface area contributed by atoms with Gasteiger partial charge in [-0.3, -0.25) is 48.1 Å². The Labute approximate surface area is 359 Å². The molecule has 61 heavy (non-hydrogen) atoms. The number of nitrogens with one attached hydrogen (secondary N) is 4. The van der Waals surface area contributed by atoms with Gasteiger partial charge in [0.1, 0.15) is 41.3 Å². The van der Waals surface area contributed by atoms with Gasteiger partial charge >= 0.3 is 0 Å². The van der Waals surface area contributed by atoms with Gasteiger partial charge in [-0.05, 0) is 51.3 Å². The number of carbonyl (C=O) groups is 9. The monoisotopic (exact) mass is 874 g/mol. The molecule has 1 aromatic carbocycles. The van der Waals surface area contributed by atoms with Crippen LogP contribution in [0.4, 0.5) is 0 Å². The summed E-state index contributed by atoms with van der Waals surface area (Å²) in [4.78, 5) is 123. The van der Waals surface area contributed by atoms with E-state index in [1.54, 1.807) is 30.3 Å². The molecule has 2 rings (SSSR count). The Morgan fingerprint density at radius 3 is 2.21 bits per heavy atom. The number of nitrogens with two attached hydrogens (primary N) is 3. The lowest BCUT2D eigenvalue weighted by molar-refractivity contribution is -0.136. The third-order valence-corrected chi connectivity index (χ3v) is 11.4. The van der Waals surface area contributed by atoms with E-state index in [1.165, 1.54) is 20.8 Å². The topological polar surface area (TPSA) is 333 Å². The fourth-order valence-electron chi connectivity index (χ4n) is 6.57. The zero-order chi connectivity index (χ0) is 45.6. The van der Waals surface area contributed by atoms with Gasteiger partial charge in [-0.2, -0.15) is 11.8 Å². The number of aliphatic hydroxyl groups is 2. The van der Waals surface area contributed by atoms with Crippen LogP contribution in [0.5, 0.6) is 0 Å². The highest BCUT2D eigenvalue weighted by molar-refractivity contribution is 7.99. The summed E-state index contributed by atoms with van der Waals surface area (Å²) in [7, 11) is 0. The average molecular weight is 875 g/mol. The van der Waals surface area contributed by atoms with Crippen molar-refractivity contribution in [2.24, 2.45) is 39.9 Å². The molecular formula is C41H62N8O11S. The number of guanidine groups is 1. The predicted octanol–water partition coefficient (Wildman–Crippen LogP) is -1.62. The maximum atomic E-state index is 14.0. The number of hydrogen-bond acceptors (Lipinski definition) is 14. The first kappa shape index (κ1) is 52.1. The van der Waals surface area contributed by atoms with E-state index in [1.807, 2.05) is 0 Å². The molecule has 1 aliphatic rings. The molecule has 0 spiro atoms. The number of rotatable bonds is 17. The summed E-state index contributed by atoms with van der Waals surface area (Å²) >= 11 is 1.16. The lowest BCUT2D eigenvalue weighted by atomic mass is 9.83. The molecule has 0 aromatic heterocycles. The Hall–Kier alpha value is -5.05. The van der Waals surface area contributed by atoms with Crippen molar-refractivity contribution in [3.8, 4) is 0 Å². The van der Waals surface area contributed by atoms with E-state index in [0.29, 0.717) is 5.56 Å². The Balaban J connectivity index is 2.60. The molecule has 1 saturated heterocycles. The molecule has 0 radical (unpaired) electrons. The van der Waals surface area contributed by atoms with E-state index in [0.717, 1.165) is 11.8 Å². The number of aliphatic imine (C=N–C) groups is 1. The molecule has 1 aliphatic heterocycles. The van der Waals surface area contributed by atoms with Crippen LogP contribution in [0.1, 0.15) is 77.7 Å². The zero-order valence-electron chi connectivity index (χ0n) is 35.1. The Morgan fingerprint density at radius 2 is 1.61 bits per heavy atom. The maximum Gasteiger partial charge on any atom is 0.243 e. The fourth-order valence-corrected chi connectivity index (χ4v) is 7.73. The third-order valence-electron chi connectivity index (χ3n) is 10.2. The molecule has 1 fully saturated rings. The fraction of sp³-hybridized carbons (Fsp3) is 0.610. The number of amides is 4.